The summed E-state index contributed by atoms with van der Waals surface area (Å²) in [5, 5.41) is 0. The maximum Gasteiger partial charge on any atom is 0.244 e. The molecule has 0 radical (unpaired) electrons. The first-order valence-electron chi connectivity index (χ1n) is 8.38. The summed E-state index contributed by atoms with van der Waals surface area (Å²) >= 11 is 0. The van der Waals surface area contributed by atoms with Crippen LogP contribution in [0.2, 0.25) is 0 Å². The molecule has 1 aliphatic heterocycles. The fourth-order valence-corrected chi connectivity index (χ4v) is 4.06. The molecule has 3 nitrogen and oxygen atoms in total. The predicted octanol–water partition coefficient (Wildman–Crippen LogP) is 3.26. The summed E-state index contributed by atoms with van der Waals surface area (Å²) in [7, 11) is 0. The number of rotatable bonds is 3. The number of hydrogen-bond donors (Lipinski definition) is 1. The van der Waals surface area contributed by atoms with E-state index in [1.165, 1.54) is 32.1 Å². The van der Waals surface area contributed by atoms with E-state index in [2.05, 4.69) is 4.90 Å². The minimum atomic E-state index is -0.504. The molecular weight excluding hydrogens is 260 g/mol. The average Bonchev–Trinajstić information content (AvgIpc) is 3.04. The van der Waals surface area contributed by atoms with E-state index in [4.69, 9.17) is 5.73 Å². The van der Waals surface area contributed by atoms with E-state index in [1.807, 2.05) is 30.3 Å². The van der Waals surface area contributed by atoms with Crippen LogP contribution < -0.4 is 5.73 Å². The molecule has 1 saturated heterocycles. The Morgan fingerprint density at radius 2 is 1.76 bits per heavy atom. The summed E-state index contributed by atoms with van der Waals surface area (Å²) < 4.78 is 0. The van der Waals surface area contributed by atoms with Gasteiger partial charge in [-0.2, -0.15) is 0 Å². The SMILES string of the molecule is NC(C(=O)N1CCCC1C1CCCCC1)c1ccccc1. The second kappa shape index (κ2) is 6.61. The highest BCUT2D eigenvalue weighted by Gasteiger charge is 2.37. The van der Waals surface area contributed by atoms with Gasteiger partial charge in [0.2, 0.25) is 5.91 Å². The molecular formula is C18H26N2O. The summed E-state index contributed by atoms with van der Waals surface area (Å²) in [5.74, 6) is 0.822. The molecule has 3 heteroatoms. The minimum absolute atomic E-state index is 0.120. The number of benzene rings is 1. The molecule has 2 unspecified atom stereocenters. The number of hydrogen-bond acceptors (Lipinski definition) is 2. The van der Waals surface area contributed by atoms with Crippen molar-refractivity contribution < 1.29 is 4.79 Å². The van der Waals surface area contributed by atoms with Crippen molar-refractivity contribution in [2.45, 2.75) is 57.0 Å². The summed E-state index contributed by atoms with van der Waals surface area (Å²) in [6, 6.07) is 9.70. The van der Waals surface area contributed by atoms with Gasteiger partial charge < -0.3 is 10.6 Å². The van der Waals surface area contributed by atoms with E-state index in [9.17, 15) is 4.79 Å². The van der Waals surface area contributed by atoms with Gasteiger partial charge in [-0.05, 0) is 37.2 Å². The predicted molar refractivity (Wildman–Crippen MR) is 84.7 cm³/mol. The Balaban J connectivity index is 1.70. The van der Waals surface area contributed by atoms with Crippen LogP contribution in [-0.4, -0.2) is 23.4 Å². The fourth-order valence-electron chi connectivity index (χ4n) is 4.06. The largest absolute Gasteiger partial charge is 0.338 e. The Morgan fingerprint density at radius 1 is 1.05 bits per heavy atom. The van der Waals surface area contributed by atoms with Gasteiger partial charge in [-0.1, -0.05) is 49.6 Å². The number of nitrogens with two attached hydrogens (primary N) is 1. The van der Waals surface area contributed by atoms with Crippen molar-refractivity contribution in [2.24, 2.45) is 11.7 Å². The number of carbonyl (C=O) groups is 1. The van der Waals surface area contributed by atoms with Gasteiger partial charge in [0.1, 0.15) is 6.04 Å². The maximum absolute atomic E-state index is 12.8. The van der Waals surface area contributed by atoms with Crippen LogP contribution in [0.1, 0.15) is 56.6 Å². The zero-order chi connectivity index (χ0) is 14.7. The van der Waals surface area contributed by atoms with E-state index in [1.54, 1.807) is 0 Å². The highest BCUT2D eigenvalue weighted by atomic mass is 16.2. The lowest BCUT2D eigenvalue weighted by atomic mass is 9.83. The van der Waals surface area contributed by atoms with Crippen LogP contribution in [0.4, 0.5) is 0 Å². The molecule has 3 rings (SSSR count). The van der Waals surface area contributed by atoms with Gasteiger partial charge in [0, 0.05) is 12.6 Å². The lowest BCUT2D eigenvalue weighted by Gasteiger charge is -2.35. The first-order valence-corrected chi connectivity index (χ1v) is 8.38. The third-order valence-corrected chi connectivity index (χ3v) is 5.20. The molecule has 2 atom stereocenters. The van der Waals surface area contributed by atoms with Crippen LogP contribution in [0.5, 0.6) is 0 Å². The van der Waals surface area contributed by atoms with Crippen LogP contribution in [0.25, 0.3) is 0 Å². The molecule has 2 N–H and O–H groups in total. The summed E-state index contributed by atoms with van der Waals surface area (Å²) in [5.41, 5.74) is 7.15. The number of carbonyl (C=O) groups excluding carboxylic acids is 1. The van der Waals surface area contributed by atoms with Crippen molar-refractivity contribution in [2.75, 3.05) is 6.54 Å². The molecule has 1 aromatic carbocycles. The van der Waals surface area contributed by atoms with Gasteiger partial charge in [0.15, 0.2) is 0 Å². The van der Waals surface area contributed by atoms with Crippen molar-refractivity contribution in [3.8, 4) is 0 Å². The summed E-state index contributed by atoms with van der Waals surface area (Å²) in [6.07, 6.45) is 8.89. The van der Waals surface area contributed by atoms with Crippen molar-refractivity contribution in [3.05, 3.63) is 35.9 Å². The van der Waals surface area contributed by atoms with Gasteiger partial charge in [0.05, 0.1) is 0 Å². The minimum Gasteiger partial charge on any atom is -0.338 e. The molecule has 1 saturated carbocycles. The topological polar surface area (TPSA) is 46.3 Å². The third kappa shape index (κ3) is 3.13. The van der Waals surface area contributed by atoms with Crippen LogP contribution in [-0.2, 0) is 4.79 Å². The summed E-state index contributed by atoms with van der Waals surface area (Å²) in [4.78, 5) is 14.9. The smallest absolute Gasteiger partial charge is 0.244 e. The Morgan fingerprint density at radius 3 is 2.48 bits per heavy atom. The quantitative estimate of drug-likeness (QED) is 0.927. The number of amides is 1. The third-order valence-electron chi connectivity index (χ3n) is 5.20. The van der Waals surface area contributed by atoms with Gasteiger partial charge in [0.25, 0.3) is 0 Å². The fraction of sp³-hybridized carbons (Fsp3) is 0.611. The van der Waals surface area contributed by atoms with Gasteiger partial charge in [-0.3, -0.25) is 4.79 Å². The highest BCUT2D eigenvalue weighted by Crippen LogP contribution is 2.35. The molecule has 1 aromatic rings. The Kier molecular flexibility index (Phi) is 4.59. The molecule has 1 amide bonds. The standard InChI is InChI=1S/C18H26N2O/c19-17(15-10-5-2-6-11-15)18(21)20-13-7-12-16(20)14-8-3-1-4-9-14/h2,5-6,10-11,14,16-17H,1,3-4,7-9,12-13,19H2. The lowest BCUT2D eigenvalue weighted by Crippen LogP contribution is -2.45. The zero-order valence-corrected chi connectivity index (χ0v) is 12.7. The Labute approximate surface area is 127 Å². The summed E-state index contributed by atoms with van der Waals surface area (Å²) in [6.45, 7) is 0.889. The van der Waals surface area contributed by atoms with E-state index < -0.39 is 6.04 Å². The van der Waals surface area contributed by atoms with Crippen molar-refractivity contribution >= 4 is 5.91 Å². The molecule has 2 aliphatic rings. The number of likely N-dealkylation sites (tertiary alicyclic amines) is 1. The van der Waals surface area contributed by atoms with Crippen LogP contribution in [0.15, 0.2) is 30.3 Å². The Bertz CT molecular complexity index is 467. The molecule has 2 fully saturated rings. The second-order valence-corrected chi connectivity index (χ2v) is 6.53. The van der Waals surface area contributed by atoms with E-state index in [-0.39, 0.29) is 5.91 Å². The van der Waals surface area contributed by atoms with Crippen LogP contribution >= 0.6 is 0 Å². The van der Waals surface area contributed by atoms with Gasteiger partial charge >= 0.3 is 0 Å². The molecule has 21 heavy (non-hydrogen) atoms. The van der Waals surface area contributed by atoms with Crippen LogP contribution in [0.3, 0.4) is 0 Å². The van der Waals surface area contributed by atoms with Crippen molar-refractivity contribution in [1.29, 1.82) is 0 Å². The average molecular weight is 286 g/mol. The monoisotopic (exact) mass is 286 g/mol. The van der Waals surface area contributed by atoms with Gasteiger partial charge in [-0.25, -0.2) is 0 Å². The molecule has 0 spiro atoms. The maximum atomic E-state index is 12.8. The van der Waals surface area contributed by atoms with Gasteiger partial charge in [-0.15, -0.1) is 0 Å². The molecule has 0 aromatic heterocycles. The zero-order valence-electron chi connectivity index (χ0n) is 12.7. The van der Waals surface area contributed by atoms with E-state index in [0.29, 0.717) is 12.0 Å². The molecule has 0 bridgehead atoms. The first-order chi connectivity index (χ1) is 10.3. The second-order valence-electron chi connectivity index (χ2n) is 6.53. The van der Waals surface area contributed by atoms with E-state index >= 15 is 0 Å². The first kappa shape index (κ1) is 14.6. The molecule has 1 heterocycles. The Hall–Kier alpha value is -1.35. The lowest BCUT2D eigenvalue weighted by molar-refractivity contribution is -0.134. The molecule has 1 aliphatic carbocycles. The van der Waals surface area contributed by atoms with Crippen LogP contribution in [0, 0.1) is 5.92 Å². The number of nitrogens with zero attached hydrogens (tertiary/aromatic N) is 1. The highest BCUT2D eigenvalue weighted by molar-refractivity contribution is 5.83. The van der Waals surface area contributed by atoms with Crippen molar-refractivity contribution in [3.63, 3.8) is 0 Å². The molecule has 114 valence electrons. The van der Waals surface area contributed by atoms with Crippen molar-refractivity contribution in [1.82, 2.24) is 4.90 Å². The van der Waals surface area contributed by atoms with E-state index in [0.717, 1.165) is 24.9 Å². The normalized spacial score (nSPS) is 25.0.